The molecule has 1 aliphatic carbocycles. The fourth-order valence-corrected chi connectivity index (χ4v) is 3.82. The van der Waals surface area contributed by atoms with E-state index in [0.29, 0.717) is 12.0 Å². The molecule has 6 nitrogen and oxygen atoms in total. The van der Waals surface area contributed by atoms with E-state index in [1.165, 1.54) is 37.9 Å². The normalized spacial score (nSPS) is 16.4. The number of aliphatic imine (C=N–C) groups is 1. The summed E-state index contributed by atoms with van der Waals surface area (Å²) < 4.78 is 2.00. The zero-order valence-electron chi connectivity index (χ0n) is 16.7. The molecule has 1 heterocycles. The molecule has 1 saturated carbocycles. The molecule has 0 spiro atoms. The Kier molecular flexibility index (Phi) is 10.9. The Hall–Kier alpha value is -0.510. The maximum Gasteiger partial charge on any atom is 0.191 e. The zero-order valence-corrected chi connectivity index (χ0v) is 19.8. The van der Waals surface area contributed by atoms with Crippen LogP contribution in [0.15, 0.2) is 4.99 Å². The van der Waals surface area contributed by atoms with E-state index in [9.17, 15) is 0 Å². The van der Waals surface area contributed by atoms with Crippen molar-refractivity contribution in [3.8, 4) is 0 Å². The summed E-state index contributed by atoms with van der Waals surface area (Å²) in [6, 6.07) is 0. The van der Waals surface area contributed by atoms with Crippen molar-refractivity contribution in [1.29, 1.82) is 0 Å². The van der Waals surface area contributed by atoms with E-state index in [4.69, 9.17) is 4.99 Å². The van der Waals surface area contributed by atoms with Crippen LogP contribution in [0.2, 0.25) is 0 Å². The van der Waals surface area contributed by atoms with Crippen LogP contribution in [-0.2, 0) is 13.6 Å². The van der Waals surface area contributed by atoms with Gasteiger partial charge in [0.15, 0.2) is 11.8 Å². The lowest BCUT2D eigenvalue weighted by Gasteiger charge is -2.28. The third-order valence-corrected chi connectivity index (χ3v) is 6.12. The van der Waals surface area contributed by atoms with Crippen molar-refractivity contribution in [2.75, 3.05) is 25.1 Å². The van der Waals surface area contributed by atoms with Crippen molar-refractivity contribution < 1.29 is 0 Å². The molecule has 26 heavy (non-hydrogen) atoms. The van der Waals surface area contributed by atoms with Gasteiger partial charge in [-0.1, -0.05) is 19.8 Å². The summed E-state index contributed by atoms with van der Waals surface area (Å²) in [6.07, 6.45) is 9.92. The highest BCUT2D eigenvalue weighted by Gasteiger charge is 2.31. The van der Waals surface area contributed by atoms with Gasteiger partial charge in [0.2, 0.25) is 0 Å². The Morgan fingerprint density at radius 3 is 2.58 bits per heavy atom. The first-order valence-electron chi connectivity index (χ1n) is 9.46. The van der Waals surface area contributed by atoms with E-state index in [1.807, 2.05) is 30.3 Å². The van der Waals surface area contributed by atoms with Crippen molar-refractivity contribution in [3.05, 3.63) is 11.6 Å². The van der Waals surface area contributed by atoms with Crippen molar-refractivity contribution in [2.24, 2.45) is 17.5 Å². The van der Waals surface area contributed by atoms with Gasteiger partial charge in [0.25, 0.3) is 0 Å². The van der Waals surface area contributed by atoms with Crippen LogP contribution < -0.4 is 10.6 Å². The summed E-state index contributed by atoms with van der Waals surface area (Å²) in [5, 5.41) is 15.4. The number of aryl methyl sites for hydroxylation is 1. The minimum Gasteiger partial charge on any atom is -0.356 e. The van der Waals surface area contributed by atoms with Gasteiger partial charge in [-0.3, -0.25) is 0 Å². The SMILES string of the molecule is CCC1(CNC(=NCc2nnc(C)n2C)NCCCSC)CCCC1.I. The van der Waals surface area contributed by atoms with Crippen LogP contribution in [0.25, 0.3) is 0 Å². The summed E-state index contributed by atoms with van der Waals surface area (Å²) in [5.74, 6) is 3.89. The first-order valence-corrected chi connectivity index (χ1v) is 10.9. The minimum absolute atomic E-state index is 0. The zero-order chi connectivity index (χ0) is 18.1. The highest BCUT2D eigenvalue weighted by Crippen LogP contribution is 2.40. The smallest absolute Gasteiger partial charge is 0.191 e. The average Bonchev–Trinajstić information content (AvgIpc) is 3.22. The molecule has 8 heteroatoms. The van der Waals surface area contributed by atoms with E-state index in [0.717, 1.165) is 37.1 Å². The summed E-state index contributed by atoms with van der Waals surface area (Å²) >= 11 is 1.88. The standard InChI is InChI=1S/C18H34N6S.HI/c1-5-18(9-6-7-10-18)14-21-17(19-11-8-12-25-4)20-13-16-23-22-15(2)24(16)3;/h5-14H2,1-4H3,(H2,19,20,21);1H. The molecule has 1 fully saturated rings. The Labute approximate surface area is 179 Å². The third kappa shape index (κ3) is 6.90. The van der Waals surface area contributed by atoms with Crippen molar-refractivity contribution >= 4 is 41.7 Å². The van der Waals surface area contributed by atoms with E-state index >= 15 is 0 Å². The largest absolute Gasteiger partial charge is 0.356 e. The number of rotatable bonds is 9. The summed E-state index contributed by atoms with van der Waals surface area (Å²) in [6.45, 7) is 6.79. The van der Waals surface area contributed by atoms with Crippen molar-refractivity contribution in [1.82, 2.24) is 25.4 Å². The number of guanidine groups is 1. The first kappa shape index (κ1) is 23.5. The predicted octanol–water partition coefficient (Wildman–Crippen LogP) is 3.50. The molecule has 2 rings (SSSR count). The van der Waals surface area contributed by atoms with Gasteiger partial charge < -0.3 is 15.2 Å². The fourth-order valence-electron chi connectivity index (χ4n) is 3.39. The van der Waals surface area contributed by atoms with Gasteiger partial charge in [-0.05, 0) is 50.0 Å². The van der Waals surface area contributed by atoms with Crippen LogP contribution in [0.1, 0.15) is 57.1 Å². The fraction of sp³-hybridized carbons (Fsp3) is 0.833. The van der Waals surface area contributed by atoms with Gasteiger partial charge in [0.1, 0.15) is 12.4 Å². The Bertz CT molecular complexity index is 554. The molecule has 0 radical (unpaired) electrons. The van der Waals surface area contributed by atoms with Crippen molar-refractivity contribution in [3.63, 3.8) is 0 Å². The van der Waals surface area contributed by atoms with Gasteiger partial charge in [0, 0.05) is 20.1 Å². The van der Waals surface area contributed by atoms with Gasteiger partial charge >= 0.3 is 0 Å². The van der Waals surface area contributed by atoms with Crippen LogP contribution in [0.5, 0.6) is 0 Å². The summed E-state index contributed by atoms with van der Waals surface area (Å²) in [4.78, 5) is 4.76. The van der Waals surface area contributed by atoms with Gasteiger partial charge in [-0.15, -0.1) is 34.2 Å². The Balaban J connectivity index is 0.00000338. The molecule has 0 unspecified atom stereocenters. The molecule has 0 saturated heterocycles. The van der Waals surface area contributed by atoms with E-state index in [1.54, 1.807) is 0 Å². The number of nitrogens with one attached hydrogen (secondary N) is 2. The third-order valence-electron chi connectivity index (χ3n) is 5.42. The molecular weight excluding hydrogens is 459 g/mol. The maximum absolute atomic E-state index is 4.76. The maximum atomic E-state index is 4.76. The summed E-state index contributed by atoms with van der Waals surface area (Å²) in [7, 11) is 1.99. The van der Waals surface area contributed by atoms with Crippen LogP contribution in [0.3, 0.4) is 0 Å². The molecular formula is C18H35IN6S. The number of halogens is 1. The number of hydrogen-bond donors (Lipinski definition) is 2. The second-order valence-electron chi connectivity index (χ2n) is 7.07. The highest BCUT2D eigenvalue weighted by molar-refractivity contribution is 14.0. The van der Waals surface area contributed by atoms with E-state index in [2.05, 4.69) is 34.0 Å². The number of thioether (sulfide) groups is 1. The van der Waals surface area contributed by atoms with Crippen LogP contribution in [0.4, 0.5) is 0 Å². The number of hydrogen-bond acceptors (Lipinski definition) is 4. The molecule has 0 bridgehead atoms. The molecule has 0 aromatic carbocycles. The lowest BCUT2D eigenvalue weighted by molar-refractivity contribution is 0.283. The molecule has 0 amide bonds. The topological polar surface area (TPSA) is 67.1 Å². The van der Waals surface area contributed by atoms with Crippen LogP contribution in [-0.4, -0.2) is 45.8 Å². The molecule has 2 N–H and O–H groups in total. The monoisotopic (exact) mass is 494 g/mol. The second kappa shape index (κ2) is 12.0. The highest BCUT2D eigenvalue weighted by atomic mass is 127. The van der Waals surface area contributed by atoms with Crippen LogP contribution in [0, 0.1) is 12.3 Å². The first-order chi connectivity index (χ1) is 12.1. The number of nitrogens with zero attached hydrogens (tertiary/aromatic N) is 4. The summed E-state index contributed by atoms with van der Waals surface area (Å²) in [5.41, 5.74) is 0.448. The minimum atomic E-state index is 0. The molecule has 1 aromatic heterocycles. The van der Waals surface area contributed by atoms with Gasteiger partial charge in [-0.2, -0.15) is 11.8 Å². The molecule has 0 atom stereocenters. The molecule has 1 aliphatic rings. The second-order valence-corrected chi connectivity index (χ2v) is 8.06. The molecule has 1 aromatic rings. The number of aromatic nitrogens is 3. The van der Waals surface area contributed by atoms with Gasteiger partial charge in [-0.25, -0.2) is 4.99 Å². The van der Waals surface area contributed by atoms with E-state index in [-0.39, 0.29) is 24.0 Å². The quantitative estimate of drug-likeness (QED) is 0.238. The molecule has 0 aliphatic heterocycles. The molecule has 150 valence electrons. The Morgan fingerprint density at radius 1 is 1.27 bits per heavy atom. The average molecular weight is 494 g/mol. The van der Waals surface area contributed by atoms with Gasteiger partial charge in [0.05, 0.1) is 0 Å². The predicted molar refractivity (Wildman–Crippen MR) is 122 cm³/mol. The lowest BCUT2D eigenvalue weighted by Crippen LogP contribution is -2.43. The van der Waals surface area contributed by atoms with E-state index < -0.39 is 0 Å². The van der Waals surface area contributed by atoms with Crippen molar-refractivity contribution in [2.45, 2.75) is 58.9 Å². The van der Waals surface area contributed by atoms with Crippen LogP contribution >= 0.6 is 35.7 Å². The Morgan fingerprint density at radius 2 is 2.00 bits per heavy atom. The lowest BCUT2D eigenvalue weighted by atomic mass is 9.83.